The van der Waals surface area contributed by atoms with E-state index in [0.29, 0.717) is 5.56 Å². The Bertz CT molecular complexity index is 1330. The minimum Gasteiger partial charge on any atom is -0.633 e. The molecule has 0 amide bonds. The molecule has 12 heteroatoms. The standard InChI is InChI=1S/C21H21ClNO9P/c1-23(27)7-6-12(16(26)10-23)19-18(32-33(28,29)30)9-15(25)20-14(24)8-17(31-21(19)20)11-4-2-3-5-13(11)22/h2-5,8-9,12,16,25-26H,6-7,10H2,1H3,(H2,28,29,30)/t12-,16+,23?/m0/s1. The van der Waals surface area contributed by atoms with Gasteiger partial charge in [-0.1, -0.05) is 23.7 Å². The average Bonchev–Trinajstić information content (AvgIpc) is 2.67. The van der Waals surface area contributed by atoms with Crippen LogP contribution in [0.1, 0.15) is 17.9 Å². The summed E-state index contributed by atoms with van der Waals surface area (Å²) in [5, 5.41) is 33.6. The van der Waals surface area contributed by atoms with Crippen LogP contribution in [-0.4, -0.2) is 50.9 Å². The van der Waals surface area contributed by atoms with E-state index in [1.165, 1.54) is 7.05 Å². The van der Waals surface area contributed by atoms with Gasteiger partial charge >= 0.3 is 7.82 Å². The fraction of sp³-hybridized carbons (Fsp3) is 0.286. The number of phosphoric acid groups is 1. The highest BCUT2D eigenvalue weighted by Crippen LogP contribution is 2.48. The molecule has 2 heterocycles. The van der Waals surface area contributed by atoms with Crippen molar-refractivity contribution in [3.05, 3.63) is 62.4 Å². The van der Waals surface area contributed by atoms with Crippen molar-refractivity contribution >= 4 is 30.4 Å². The number of fused-ring (bicyclic) bond motifs is 1. The van der Waals surface area contributed by atoms with E-state index in [1.807, 2.05) is 0 Å². The Hall–Kier alpha value is -2.43. The minimum absolute atomic E-state index is 0.0238. The van der Waals surface area contributed by atoms with Crippen molar-refractivity contribution in [1.82, 2.24) is 0 Å². The number of hydroxylamine groups is 3. The van der Waals surface area contributed by atoms with E-state index in [-0.39, 0.29) is 46.8 Å². The van der Waals surface area contributed by atoms with Gasteiger partial charge in [0.1, 0.15) is 40.9 Å². The van der Waals surface area contributed by atoms with Crippen LogP contribution in [-0.2, 0) is 4.57 Å². The number of quaternary nitrogens is 1. The Kier molecular flexibility index (Phi) is 6.05. The summed E-state index contributed by atoms with van der Waals surface area (Å²) < 4.78 is 21.7. The molecule has 1 fully saturated rings. The van der Waals surface area contributed by atoms with Gasteiger partial charge in [-0.05, 0) is 12.1 Å². The van der Waals surface area contributed by atoms with Gasteiger partial charge in [-0.25, -0.2) is 4.57 Å². The van der Waals surface area contributed by atoms with Gasteiger partial charge in [0.05, 0.1) is 18.6 Å². The SMILES string of the molecule is C[N+]1([O-])CC[C@H](c2c(OP(=O)(O)O)cc(O)c3c(=O)cc(-c4ccccc4Cl)oc23)[C@H](O)C1. The molecule has 0 spiro atoms. The maximum atomic E-state index is 12.9. The third-order valence-electron chi connectivity index (χ3n) is 5.66. The van der Waals surface area contributed by atoms with Gasteiger partial charge in [0.25, 0.3) is 0 Å². The summed E-state index contributed by atoms with van der Waals surface area (Å²) in [5.41, 5.74) is -0.503. The van der Waals surface area contributed by atoms with Crippen molar-refractivity contribution in [1.29, 1.82) is 0 Å². The monoisotopic (exact) mass is 497 g/mol. The molecule has 1 aliphatic heterocycles. The smallest absolute Gasteiger partial charge is 0.524 e. The molecule has 0 radical (unpaired) electrons. The Labute approximate surface area is 192 Å². The summed E-state index contributed by atoms with van der Waals surface area (Å²) in [6, 6.07) is 8.59. The summed E-state index contributed by atoms with van der Waals surface area (Å²) >= 11 is 6.24. The van der Waals surface area contributed by atoms with E-state index in [1.54, 1.807) is 24.3 Å². The quantitative estimate of drug-likeness (QED) is 0.241. The number of hydrogen-bond donors (Lipinski definition) is 4. The average molecular weight is 498 g/mol. The van der Waals surface area contributed by atoms with Crippen molar-refractivity contribution in [3.63, 3.8) is 0 Å². The second-order valence-electron chi connectivity index (χ2n) is 8.21. The summed E-state index contributed by atoms with van der Waals surface area (Å²) in [7, 11) is -3.70. The minimum atomic E-state index is -5.10. The number of phenols is 1. The lowest BCUT2D eigenvalue weighted by Gasteiger charge is -2.46. The maximum Gasteiger partial charge on any atom is 0.524 e. The zero-order valence-corrected chi connectivity index (χ0v) is 19.0. The fourth-order valence-corrected chi connectivity index (χ4v) is 4.85. The van der Waals surface area contributed by atoms with Crippen LogP contribution in [0.25, 0.3) is 22.3 Å². The van der Waals surface area contributed by atoms with Crippen LogP contribution in [0.2, 0.25) is 5.02 Å². The molecule has 1 unspecified atom stereocenters. The van der Waals surface area contributed by atoms with Crippen LogP contribution in [0.3, 0.4) is 0 Å². The first kappa shape index (κ1) is 23.7. The number of benzene rings is 2. The number of likely N-dealkylation sites (tertiary alicyclic amines) is 1. The highest BCUT2D eigenvalue weighted by molar-refractivity contribution is 7.46. The van der Waals surface area contributed by atoms with Crippen molar-refractivity contribution in [2.75, 3.05) is 20.1 Å². The first-order valence-corrected chi connectivity index (χ1v) is 11.8. The summed E-state index contributed by atoms with van der Waals surface area (Å²) in [5.74, 6) is -1.90. The van der Waals surface area contributed by atoms with Gasteiger partial charge in [-0.2, -0.15) is 0 Å². The van der Waals surface area contributed by atoms with E-state index in [0.717, 1.165) is 12.1 Å². The molecule has 0 saturated carbocycles. The molecule has 176 valence electrons. The molecule has 1 saturated heterocycles. The molecular weight excluding hydrogens is 477 g/mol. The lowest BCUT2D eigenvalue weighted by molar-refractivity contribution is -0.870. The molecule has 1 aliphatic rings. The molecule has 33 heavy (non-hydrogen) atoms. The Morgan fingerprint density at radius 2 is 1.97 bits per heavy atom. The Morgan fingerprint density at radius 1 is 1.27 bits per heavy atom. The maximum absolute atomic E-state index is 12.9. The molecule has 1 aromatic heterocycles. The second kappa shape index (κ2) is 8.41. The predicted octanol–water partition coefficient (Wildman–Crippen LogP) is 3.08. The van der Waals surface area contributed by atoms with Crippen LogP contribution in [0.5, 0.6) is 11.5 Å². The van der Waals surface area contributed by atoms with Crippen molar-refractivity contribution < 1.29 is 38.2 Å². The molecule has 2 aromatic carbocycles. The molecular formula is C21H21ClNO9P. The number of halogens is 1. The molecule has 0 aliphatic carbocycles. The molecule has 3 aromatic rings. The van der Waals surface area contributed by atoms with Gasteiger partial charge < -0.3 is 29.0 Å². The third-order valence-corrected chi connectivity index (χ3v) is 6.42. The number of aromatic hydroxyl groups is 1. The Balaban J connectivity index is 2.04. The lowest BCUT2D eigenvalue weighted by atomic mass is 9.85. The third kappa shape index (κ3) is 4.78. The molecule has 3 atom stereocenters. The topological polar surface area (TPSA) is 160 Å². The zero-order chi connectivity index (χ0) is 24.1. The number of hydrogen-bond acceptors (Lipinski definition) is 7. The number of phenolic OH excluding ortho intramolecular Hbond substituents is 1. The number of rotatable bonds is 4. The number of aliphatic hydroxyl groups excluding tert-OH is 1. The number of phosphoric ester groups is 1. The van der Waals surface area contributed by atoms with Gasteiger partial charge in [-0.3, -0.25) is 14.6 Å². The first-order valence-electron chi connectivity index (χ1n) is 9.94. The normalized spacial score (nSPS) is 23.6. The lowest BCUT2D eigenvalue weighted by Crippen LogP contribution is -2.51. The van der Waals surface area contributed by atoms with E-state index in [2.05, 4.69) is 0 Å². The highest BCUT2D eigenvalue weighted by atomic mass is 35.5. The van der Waals surface area contributed by atoms with E-state index in [4.69, 9.17) is 20.5 Å². The summed E-state index contributed by atoms with van der Waals surface area (Å²) in [6.45, 7) is -0.106. The van der Waals surface area contributed by atoms with Crippen LogP contribution in [0, 0.1) is 5.21 Å². The highest BCUT2D eigenvalue weighted by Gasteiger charge is 2.38. The van der Waals surface area contributed by atoms with E-state index >= 15 is 0 Å². The van der Waals surface area contributed by atoms with E-state index in [9.17, 15) is 34.6 Å². The summed E-state index contributed by atoms with van der Waals surface area (Å²) in [6.07, 6.45) is -1.12. The Morgan fingerprint density at radius 3 is 2.61 bits per heavy atom. The van der Waals surface area contributed by atoms with Crippen molar-refractivity contribution in [2.45, 2.75) is 18.4 Å². The number of aliphatic hydroxyl groups is 1. The first-order chi connectivity index (χ1) is 15.4. The fourth-order valence-electron chi connectivity index (χ4n) is 4.22. The van der Waals surface area contributed by atoms with Crippen LogP contribution in [0.15, 0.2) is 45.6 Å². The van der Waals surface area contributed by atoms with Gasteiger partial charge in [0.15, 0.2) is 5.43 Å². The van der Waals surface area contributed by atoms with Crippen LogP contribution >= 0.6 is 19.4 Å². The molecule has 0 bridgehead atoms. The number of piperidine rings is 1. The molecule has 4 rings (SSSR count). The number of nitrogens with zero attached hydrogens (tertiary/aromatic N) is 1. The second-order valence-corrected chi connectivity index (χ2v) is 9.78. The van der Waals surface area contributed by atoms with Gasteiger partial charge in [0, 0.05) is 35.6 Å². The van der Waals surface area contributed by atoms with Crippen molar-refractivity contribution in [2.24, 2.45) is 0 Å². The molecule has 10 nitrogen and oxygen atoms in total. The summed E-state index contributed by atoms with van der Waals surface area (Å²) in [4.78, 5) is 31.8. The predicted molar refractivity (Wildman–Crippen MR) is 120 cm³/mol. The van der Waals surface area contributed by atoms with E-state index < -0.39 is 41.4 Å². The van der Waals surface area contributed by atoms with Crippen LogP contribution in [0.4, 0.5) is 0 Å². The molecule has 4 N–H and O–H groups in total. The van der Waals surface area contributed by atoms with Crippen LogP contribution < -0.4 is 9.95 Å². The zero-order valence-electron chi connectivity index (χ0n) is 17.3. The van der Waals surface area contributed by atoms with Gasteiger partial charge in [0.2, 0.25) is 0 Å². The van der Waals surface area contributed by atoms with Gasteiger partial charge in [-0.15, -0.1) is 0 Å². The largest absolute Gasteiger partial charge is 0.633 e. The van der Waals surface area contributed by atoms with Crippen molar-refractivity contribution in [3.8, 4) is 22.8 Å². The number of likely N-dealkylation sites (N-methyl/N-ethyl adjacent to an activating group) is 1.